The van der Waals surface area contributed by atoms with Crippen molar-refractivity contribution in [1.29, 1.82) is 0 Å². The second kappa shape index (κ2) is 8.57. The van der Waals surface area contributed by atoms with Crippen LogP contribution in [0.4, 0.5) is 0 Å². The Morgan fingerprint density at radius 2 is 1.84 bits per heavy atom. The van der Waals surface area contributed by atoms with Crippen molar-refractivity contribution in [2.75, 3.05) is 0 Å². The molecule has 0 radical (unpaired) electrons. The molecular weight excluding hydrogens is 400 g/mol. The van der Waals surface area contributed by atoms with Crippen molar-refractivity contribution in [3.05, 3.63) is 51.9 Å². The number of allylic oxidation sites excluding steroid dienone is 1. The van der Waals surface area contributed by atoms with Gasteiger partial charge < -0.3 is 18.6 Å². The van der Waals surface area contributed by atoms with E-state index in [9.17, 15) is 14.4 Å². The first-order chi connectivity index (χ1) is 14.5. The van der Waals surface area contributed by atoms with E-state index in [-0.39, 0.29) is 17.9 Å². The molecule has 1 aliphatic rings. The summed E-state index contributed by atoms with van der Waals surface area (Å²) in [6.07, 6.45) is -0.139. The summed E-state index contributed by atoms with van der Waals surface area (Å²) in [4.78, 5) is 37.2. The summed E-state index contributed by atoms with van der Waals surface area (Å²) in [7, 11) is 0. The quantitative estimate of drug-likeness (QED) is 0.394. The van der Waals surface area contributed by atoms with E-state index < -0.39 is 35.4 Å². The lowest BCUT2D eigenvalue weighted by atomic mass is 9.87. The average Bonchev–Trinajstić information content (AvgIpc) is 2.68. The minimum atomic E-state index is -1.01. The fraction of sp³-hybridized carbons (Fsp3) is 0.458. The minimum absolute atomic E-state index is 0.0801. The molecule has 2 atom stereocenters. The summed E-state index contributed by atoms with van der Waals surface area (Å²) in [5.74, 6) is -0.497. The van der Waals surface area contributed by atoms with Crippen LogP contribution in [0.3, 0.4) is 0 Å². The Kier molecular flexibility index (Phi) is 6.25. The SMILES string of the molecule is C/C=C(/C)C(=O)OC1C(OC(=O)CC(C)C)c2c(ccc3ccc(=O)oc23)OC1(C)C. The molecule has 166 valence electrons. The van der Waals surface area contributed by atoms with E-state index >= 15 is 0 Å². The number of fused-ring (bicyclic) bond motifs is 3. The van der Waals surface area contributed by atoms with Gasteiger partial charge in [0.2, 0.25) is 0 Å². The van der Waals surface area contributed by atoms with Gasteiger partial charge in [-0.1, -0.05) is 19.9 Å². The van der Waals surface area contributed by atoms with E-state index in [1.54, 1.807) is 52.0 Å². The molecule has 1 aromatic heterocycles. The minimum Gasteiger partial charge on any atom is -0.483 e. The van der Waals surface area contributed by atoms with Gasteiger partial charge in [0.05, 0.1) is 5.56 Å². The summed E-state index contributed by atoms with van der Waals surface area (Å²) >= 11 is 0. The van der Waals surface area contributed by atoms with Gasteiger partial charge in [-0.25, -0.2) is 9.59 Å². The van der Waals surface area contributed by atoms with Crippen LogP contribution in [-0.4, -0.2) is 23.6 Å². The molecule has 0 saturated heterocycles. The Morgan fingerprint density at radius 1 is 1.16 bits per heavy atom. The van der Waals surface area contributed by atoms with Crippen LogP contribution in [0, 0.1) is 5.92 Å². The fourth-order valence-corrected chi connectivity index (χ4v) is 3.53. The van der Waals surface area contributed by atoms with Crippen LogP contribution in [0.25, 0.3) is 11.0 Å². The molecule has 2 aromatic rings. The smallest absolute Gasteiger partial charge is 0.336 e. The molecule has 7 nitrogen and oxygen atoms in total. The summed E-state index contributed by atoms with van der Waals surface area (Å²) in [6, 6.07) is 6.43. The molecule has 3 rings (SSSR count). The Hall–Kier alpha value is -3.09. The third kappa shape index (κ3) is 4.65. The van der Waals surface area contributed by atoms with Crippen molar-refractivity contribution < 1.29 is 28.2 Å². The monoisotopic (exact) mass is 428 g/mol. The molecule has 0 N–H and O–H groups in total. The highest BCUT2D eigenvalue weighted by molar-refractivity contribution is 5.88. The van der Waals surface area contributed by atoms with Gasteiger partial charge in [-0.2, -0.15) is 0 Å². The van der Waals surface area contributed by atoms with Crippen LogP contribution in [-0.2, 0) is 19.1 Å². The summed E-state index contributed by atoms with van der Waals surface area (Å²) < 4.78 is 23.2. The molecule has 2 heterocycles. The van der Waals surface area contributed by atoms with Crippen LogP contribution < -0.4 is 10.4 Å². The highest BCUT2D eigenvalue weighted by Crippen LogP contribution is 2.46. The van der Waals surface area contributed by atoms with Gasteiger partial charge in [-0.3, -0.25) is 4.79 Å². The van der Waals surface area contributed by atoms with Crippen molar-refractivity contribution in [2.24, 2.45) is 5.92 Å². The zero-order valence-corrected chi connectivity index (χ0v) is 18.7. The Labute approximate surface area is 181 Å². The maximum absolute atomic E-state index is 12.7. The number of benzene rings is 1. The van der Waals surface area contributed by atoms with Gasteiger partial charge in [0.15, 0.2) is 12.2 Å². The predicted octanol–water partition coefficient (Wildman–Crippen LogP) is 4.47. The normalized spacial score (nSPS) is 20.2. The standard InChI is InChI=1S/C24H28O7/c1-7-14(4)23(27)30-22-21(29-18(26)12-13(2)3)19-16(31-24(22,5)6)10-8-15-9-11-17(25)28-20(15)19/h7-11,13,21-22H,12H2,1-6H3/b14-7-. The molecule has 1 aromatic carbocycles. The highest BCUT2D eigenvalue weighted by atomic mass is 16.6. The van der Waals surface area contributed by atoms with Crippen molar-refractivity contribution in [2.45, 2.75) is 65.8 Å². The molecule has 7 heteroatoms. The average molecular weight is 428 g/mol. The van der Waals surface area contributed by atoms with Gasteiger partial charge in [-0.15, -0.1) is 0 Å². The largest absolute Gasteiger partial charge is 0.483 e. The van der Waals surface area contributed by atoms with Crippen LogP contribution >= 0.6 is 0 Å². The lowest BCUT2D eigenvalue weighted by Crippen LogP contribution is -2.52. The molecular formula is C24H28O7. The summed E-state index contributed by atoms with van der Waals surface area (Å²) in [6.45, 7) is 10.7. The number of rotatable bonds is 5. The molecule has 31 heavy (non-hydrogen) atoms. The number of esters is 2. The van der Waals surface area contributed by atoms with Crippen LogP contribution in [0.5, 0.6) is 5.75 Å². The predicted molar refractivity (Wildman–Crippen MR) is 115 cm³/mol. The van der Waals surface area contributed by atoms with Gasteiger partial charge in [-0.05, 0) is 51.8 Å². The number of carbonyl (C=O) groups excluding carboxylic acids is 2. The van der Waals surface area contributed by atoms with Gasteiger partial charge >= 0.3 is 17.6 Å². The van der Waals surface area contributed by atoms with Crippen LogP contribution in [0.2, 0.25) is 0 Å². The first-order valence-corrected chi connectivity index (χ1v) is 10.3. The zero-order chi connectivity index (χ0) is 22.9. The van der Waals surface area contributed by atoms with E-state index in [0.717, 1.165) is 0 Å². The van der Waals surface area contributed by atoms with E-state index in [1.807, 2.05) is 13.8 Å². The van der Waals surface area contributed by atoms with Crippen molar-refractivity contribution in [3.63, 3.8) is 0 Å². The van der Waals surface area contributed by atoms with Crippen LogP contribution in [0.1, 0.15) is 59.6 Å². The molecule has 0 bridgehead atoms. The van der Waals surface area contributed by atoms with Gasteiger partial charge in [0.1, 0.15) is 16.9 Å². The first kappa shape index (κ1) is 22.6. The molecule has 2 unspecified atom stereocenters. The van der Waals surface area contributed by atoms with E-state index in [0.29, 0.717) is 22.3 Å². The fourth-order valence-electron chi connectivity index (χ4n) is 3.53. The van der Waals surface area contributed by atoms with Crippen molar-refractivity contribution in [1.82, 2.24) is 0 Å². The lowest BCUT2D eigenvalue weighted by molar-refractivity contribution is -0.188. The van der Waals surface area contributed by atoms with Crippen molar-refractivity contribution >= 4 is 22.9 Å². The zero-order valence-electron chi connectivity index (χ0n) is 18.7. The number of hydrogen-bond donors (Lipinski definition) is 0. The van der Waals surface area contributed by atoms with E-state index in [2.05, 4.69) is 0 Å². The second-order valence-corrected chi connectivity index (χ2v) is 8.66. The molecule has 1 aliphatic heterocycles. The molecule has 0 aliphatic carbocycles. The third-order valence-electron chi connectivity index (χ3n) is 5.23. The van der Waals surface area contributed by atoms with E-state index in [4.69, 9.17) is 18.6 Å². The molecule has 0 saturated carbocycles. The number of carbonyl (C=O) groups is 2. The van der Waals surface area contributed by atoms with Gasteiger partial charge in [0, 0.05) is 23.4 Å². The maximum atomic E-state index is 12.7. The van der Waals surface area contributed by atoms with Crippen molar-refractivity contribution in [3.8, 4) is 5.75 Å². The van der Waals surface area contributed by atoms with Crippen LogP contribution in [0.15, 0.2) is 45.1 Å². The topological polar surface area (TPSA) is 92.0 Å². The maximum Gasteiger partial charge on any atom is 0.336 e. The molecule has 0 amide bonds. The Morgan fingerprint density at radius 3 is 2.48 bits per heavy atom. The molecule has 0 fully saturated rings. The first-order valence-electron chi connectivity index (χ1n) is 10.3. The van der Waals surface area contributed by atoms with E-state index in [1.165, 1.54) is 6.07 Å². The lowest BCUT2D eigenvalue weighted by Gasteiger charge is -2.43. The Balaban J connectivity index is 2.18. The third-order valence-corrected chi connectivity index (χ3v) is 5.23. The summed E-state index contributed by atoms with van der Waals surface area (Å²) in [5, 5.41) is 0.640. The summed E-state index contributed by atoms with van der Waals surface area (Å²) in [5.41, 5.74) is -0.522. The van der Waals surface area contributed by atoms with Gasteiger partial charge in [0.25, 0.3) is 0 Å². The highest BCUT2D eigenvalue weighted by Gasteiger charge is 2.50. The number of ether oxygens (including phenoxy) is 3. The second-order valence-electron chi connectivity index (χ2n) is 8.66. The molecule has 0 spiro atoms. The Bertz CT molecular complexity index is 1090. The number of hydrogen-bond acceptors (Lipinski definition) is 7.